The van der Waals surface area contributed by atoms with Crippen molar-refractivity contribution in [3.63, 3.8) is 0 Å². The first-order chi connectivity index (χ1) is 18.3. The van der Waals surface area contributed by atoms with Gasteiger partial charge in [-0.05, 0) is 38.4 Å². The number of nitrogens with one attached hydrogen (secondary N) is 3. The lowest BCUT2D eigenvalue weighted by Crippen LogP contribution is -2.29. The van der Waals surface area contributed by atoms with Crippen LogP contribution in [0.25, 0.3) is 22.2 Å². The van der Waals surface area contributed by atoms with E-state index in [2.05, 4.69) is 49.6 Å². The molecule has 0 saturated carbocycles. The van der Waals surface area contributed by atoms with Crippen LogP contribution in [0.3, 0.4) is 0 Å². The number of benzene rings is 2. The molecule has 0 atom stereocenters. The first-order valence-corrected chi connectivity index (χ1v) is 12.2. The summed E-state index contributed by atoms with van der Waals surface area (Å²) in [6, 6.07) is 13.7. The molecule has 38 heavy (non-hydrogen) atoms. The molecular weight excluding hydrogens is 480 g/mol. The summed E-state index contributed by atoms with van der Waals surface area (Å²) in [6.07, 6.45) is 4.97. The van der Waals surface area contributed by atoms with Crippen LogP contribution in [-0.2, 0) is 4.79 Å². The maximum absolute atomic E-state index is 12.2. The number of para-hydroxylation sites is 1. The average Bonchev–Trinajstić information content (AvgIpc) is 3.31. The number of nitrogens with zero attached hydrogens (tertiary/aromatic N) is 5. The topological polar surface area (TPSA) is 99.6 Å². The van der Waals surface area contributed by atoms with E-state index in [-0.39, 0.29) is 5.91 Å². The van der Waals surface area contributed by atoms with Gasteiger partial charge in [0, 0.05) is 56.6 Å². The van der Waals surface area contributed by atoms with Crippen molar-refractivity contribution in [1.82, 2.24) is 19.5 Å². The standard InChI is InChI=1S/C28H34N8O2/c1-7-27(37)31-22-16-23(26(38-6)17-25(22)35(5)15-14-34(3)4)33-28-30-13-12-21(32-28)20-18-36(29-2)24-11-9-8-10-19(20)24/h7-13,16-18,29H,1,14-15H2,2-6H3,(H,31,37)(H,30,32,33). The molecule has 0 radical (unpaired) electrons. The van der Waals surface area contributed by atoms with Crippen LogP contribution in [0.4, 0.5) is 23.0 Å². The van der Waals surface area contributed by atoms with Crippen molar-refractivity contribution in [1.29, 1.82) is 0 Å². The van der Waals surface area contributed by atoms with E-state index in [1.807, 2.05) is 69.4 Å². The summed E-state index contributed by atoms with van der Waals surface area (Å²) in [5, 5.41) is 7.26. The lowest BCUT2D eigenvalue weighted by molar-refractivity contribution is -0.111. The number of anilines is 4. The highest BCUT2D eigenvalue weighted by molar-refractivity contribution is 6.02. The van der Waals surface area contributed by atoms with Crippen molar-refractivity contribution >= 4 is 39.8 Å². The van der Waals surface area contributed by atoms with E-state index >= 15 is 0 Å². The second-order valence-corrected chi connectivity index (χ2v) is 9.03. The van der Waals surface area contributed by atoms with Gasteiger partial charge in [-0.3, -0.25) is 9.47 Å². The second-order valence-electron chi connectivity index (χ2n) is 9.03. The summed E-state index contributed by atoms with van der Waals surface area (Å²) in [5.41, 5.74) is 8.03. The Hall–Kier alpha value is -4.57. The minimum absolute atomic E-state index is 0.303. The summed E-state index contributed by atoms with van der Waals surface area (Å²) >= 11 is 0. The Bertz CT molecular complexity index is 1450. The summed E-state index contributed by atoms with van der Waals surface area (Å²) in [6.45, 7) is 5.18. The van der Waals surface area contributed by atoms with Crippen LogP contribution >= 0.6 is 0 Å². The molecule has 1 amide bonds. The zero-order valence-electron chi connectivity index (χ0n) is 22.4. The Morgan fingerprint density at radius 3 is 2.63 bits per heavy atom. The van der Waals surface area contributed by atoms with Crippen molar-refractivity contribution in [2.24, 2.45) is 0 Å². The van der Waals surface area contributed by atoms with Crippen LogP contribution in [0.5, 0.6) is 5.75 Å². The lowest BCUT2D eigenvalue weighted by Gasteiger charge is -2.26. The summed E-state index contributed by atoms with van der Waals surface area (Å²) in [5.74, 6) is 0.688. The number of ether oxygens (including phenoxy) is 1. The van der Waals surface area contributed by atoms with Crippen molar-refractivity contribution in [3.05, 3.63) is 67.5 Å². The number of carbonyl (C=O) groups excluding carboxylic acids is 1. The molecule has 2 aromatic heterocycles. The molecular formula is C28H34N8O2. The van der Waals surface area contributed by atoms with Gasteiger partial charge in [0.2, 0.25) is 11.9 Å². The lowest BCUT2D eigenvalue weighted by atomic mass is 10.1. The number of aromatic nitrogens is 3. The molecule has 0 aliphatic rings. The molecule has 0 spiro atoms. The van der Waals surface area contributed by atoms with Crippen molar-refractivity contribution in [2.75, 3.05) is 69.3 Å². The molecule has 0 aliphatic heterocycles. The molecule has 10 nitrogen and oxygen atoms in total. The Morgan fingerprint density at radius 2 is 1.92 bits per heavy atom. The Kier molecular flexibility index (Phi) is 8.12. The van der Waals surface area contributed by atoms with Crippen LogP contribution in [-0.4, -0.2) is 73.8 Å². The molecule has 0 aliphatic carbocycles. The van der Waals surface area contributed by atoms with Crippen molar-refractivity contribution in [2.45, 2.75) is 0 Å². The van der Waals surface area contributed by atoms with Gasteiger partial charge in [0.05, 0.1) is 35.4 Å². The Balaban J connectivity index is 1.71. The van der Waals surface area contributed by atoms with Gasteiger partial charge in [-0.1, -0.05) is 24.8 Å². The number of hydrogen-bond donors (Lipinski definition) is 3. The molecule has 198 valence electrons. The Morgan fingerprint density at radius 1 is 1.13 bits per heavy atom. The fourth-order valence-electron chi connectivity index (χ4n) is 4.16. The largest absolute Gasteiger partial charge is 0.494 e. The maximum Gasteiger partial charge on any atom is 0.247 e. The van der Waals surface area contributed by atoms with Gasteiger partial charge < -0.3 is 30.6 Å². The third-order valence-electron chi connectivity index (χ3n) is 6.19. The fraction of sp³-hybridized carbons (Fsp3) is 0.250. The molecule has 2 heterocycles. The molecule has 2 aromatic carbocycles. The quantitative estimate of drug-likeness (QED) is 0.257. The smallest absolute Gasteiger partial charge is 0.247 e. The number of rotatable bonds is 11. The summed E-state index contributed by atoms with van der Waals surface area (Å²) < 4.78 is 7.67. The third-order valence-corrected chi connectivity index (χ3v) is 6.19. The zero-order chi connectivity index (χ0) is 27.2. The number of methoxy groups -OCH3 is 1. The highest BCUT2D eigenvalue weighted by Gasteiger charge is 2.17. The number of hydrogen-bond acceptors (Lipinski definition) is 8. The summed E-state index contributed by atoms with van der Waals surface area (Å²) in [7, 11) is 9.50. The highest BCUT2D eigenvalue weighted by Crippen LogP contribution is 2.38. The molecule has 0 bridgehead atoms. The zero-order valence-corrected chi connectivity index (χ0v) is 22.4. The number of amides is 1. The van der Waals surface area contributed by atoms with Crippen LogP contribution in [0.15, 0.2) is 67.5 Å². The first kappa shape index (κ1) is 26.5. The molecule has 4 rings (SSSR count). The SMILES string of the molecule is C=CC(=O)Nc1cc(Nc2nccc(-c3cn(NC)c4ccccc34)n2)c(OC)cc1N(C)CCN(C)C. The molecule has 0 fully saturated rings. The predicted octanol–water partition coefficient (Wildman–Crippen LogP) is 4.15. The minimum atomic E-state index is -0.303. The first-order valence-electron chi connectivity index (χ1n) is 12.2. The maximum atomic E-state index is 12.2. The van der Waals surface area contributed by atoms with Gasteiger partial charge in [0.15, 0.2) is 0 Å². The van der Waals surface area contributed by atoms with E-state index in [1.54, 1.807) is 13.3 Å². The van der Waals surface area contributed by atoms with Gasteiger partial charge in [0.25, 0.3) is 0 Å². The Labute approximate surface area is 222 Å². The van der Waals surface area contributed by atoms with Crippen LogP contribution in [0.2, 0.25) is 0 Å². The summed E-state index contributed by atoms with van der Waals surface area (Å²) in [4.78, 5) is 25.6. The molecule has 0 unspecified atom stereocenters. The van der Waals surface area contributed by atoms with Crippen LogP contribution in [0.1, 0.15) is 0 Å². The van der Waals surface area contributed by atoms with Crippen LogP contribution < -0.4 is 25.7 Å². The number of carbonyl (C=O) groups is 1. The van der Waals surface area contributed by atoms with E-state index in [4.69, 9.17) is 9.72 Å². The molecule has 10 heteroatoms. The number of fused-ring (bicyclic) bond motifs is 1. The molecule has 3 N–H and O–H groups in total. The van der Waals surface area contributed by atoms with Crippen molar-refractivity contribution in [3.8, 4) is 17.0 Å². The second kappa shape index (κ2) is 11.7. The van der Waals surface area contributed by atoms with E-state index < -0.39 is 0 Å². The van der Waals surface area contributed by atoms with Gasteiger partial charge in [0.1, 0.15) is 5.75 Å². The van der Waals surface area contributed by atoms with Gasteiger partial charge in [-0.15, -0.1) is 0 Å². The van der Waals surface area contributed by atoms with E-state index in [0.717, 1.165) is 40.9 Å². The van der Waals surface area contributed by atoms with Crippen LogP contribution in [0, 0.1) is 0 Å². The number of likely N-dealkylation sites (N-methyl/N-ethyl adjacent to an activating group) is 2. The predicted molar refractivity (Wildman–Crippen MR) is 155 cm³/mol. The van der Waals surface area contributed by atoms with Gasteiger partial charge in [-0.25, -0.2) is 9.97 Å². The minimum Gasteiger partial charge on any atom is -0.494 e. The molecule has 4 aromatic rings. The van der Waals surface area contributed by atoms with Crippen molar-refractivity contribution < 1.29 is 9.53 Å². The van der Waals surface area contributed by atoms with Gasteiger partial charge >= 0.3 is 0 Å². The monoisotopic (exact) mass is 514 g/mol. The van der Waals surface area contributed by atoms with Gasteiger partial charge in [-0.2, -0.15) is 0 Å². The van der Waals surface area contributed by atoms with E-state index in [9.17, 15) is 4.79 Å². The fourth-order valence-corrected chi connectivity index (χ4v) is 4.16. The normalized spacial score (nSPS) is 10.9. The molecule has 0 saturated heterocycles. The highest BCUT2D eigenvalue weighted by atomic mass is 16.5. The van der Waals surface area contributed by atoms with E-state index in [0.29, 0.717) is 23.1 Å². The van der Waals surface area contributed by atoms with E-state index in [1.165, 1.54) is 6.08 Å². The average molecular weight is 515 g/mol. The third kappa shape index (κ3) is 5.70.